The molecule has 1 aromatic carbocycles. The van der Waals surface area contributed by atoms with Gasteiger partial charge in [0.2, 0.25) is 0 Å². The van der Waals surface area contributed by atoms with Crippen molar-refractivity contribution in [1.82, 2.24) is 5.32 Å². The van der Waals surface area contributed by atoms with E-state index in [1.54, 1.807) is 18.2 Å². The summed E-state index contributed by atoms with van der Waals surface area (Å²) in [6, 6.07) is 6.36. The maximum Gasteiger partial charge on any atom is 0.179 e. The Morgan fingerprint density at radius 3 is 2.90 bits per heavy atom. The van der Waals surface area contributed by atoms with E-state index >= 15 is 0 Å². The van der Waals surface area contributed by atoms with Crippen LogP contribution in [-0.2, 0) is 14.6 Å². The van der Waals surface area contributed by atoms with Crippen LogP contribution in [0, 0.1) is 5.92 Å². The molecule has 6 heteroatoms. The fraction of sp³-hybridized carbons (Fsp3) is 0.571. The Morgan fingerprint density at radius 1 is 1.50 bits per heavy atom. The molecule has 20 heavy (non-hydrogen) atoms. The van der Waals surface area contributed by atoms with E-state index in [0.29, 0.717) is 18.2 Å². The Hall–Kier alpha value is -0.620. The predicted octanol–water partition coefficient (Wildman–Crippen LogP) is 2.13. The van der Waals surface area contributed by atoms with Crippen LogP contribution in [0.15, 0.2) is 29.2 Å². The molecule has 4 nitrogen and oxygen atoms in total. The van der Waals surface area contributed by atoms with Gasteiger partial charge in [0.05, 0.1) is 17.3 Å². The van der Waals surface area contributed by atoms with Gasteiger partial charge in [-0.3, -0.25) is 0 Å². The predicted molar refractivity (Wildman–Crippen MR) is 79.9 cm³/mol. The van der Waals surface area contributed by atoms with Gasteiger partial charge in [0.25, 0.3) is 0 Å². The summed E-state index contributed by atoms with van der Waals surface area (Å²) in [5, 5.41) is 3.71. The molecule has 1 aliphatic heterocycles. The molecule has 1 saturated heterocycles. The maximum absolute atomic E-state index is 12.5. The summed E-state index contributed by atoms with van der Waals surface area (Å²) in [5.41, 5.74) is 0. The van der Waals surface area contributed by atoms with Gasteiger partial charge in [-0.2, -0.15) is 0 Å². The second-order valence-electron chi connectivity index (χ2n) is 5.03. The zero-order valence-electron chi connectivity index (χ0n) is 11.5. The Labute approximate surface area is 125 Å². The number of sulfone groups is 1. The van der Waals surface area contributed by atoms with Crippen LogP contribution in [0.3, 0.4) is 0 Å². The van der Waals surface area contributed by atoms with Crippen molar-refractivity contribution in [3.63, 3.8) is 0 Å². The molecule has 1 N–H and O–H groups in total. The number of halogens is 1. The minimum Gasteiger partial charge on any atom is -0.381 e. The van der Waals surface area contributed by atoms with Crippen LogP contribution in [0.4, 0.5) is 0 Å². The van der Waals surface area contributed by atoms with Crippen molar-refractivity contribution in [1.29, 1.82) is 0 Å². The van der Waals surface area contributed by atoms with E-state index in [4.69, 9.17) is 16.3 Å². The second kappa shape index (κ2) is 6.89. The molecule has 0 spiro atoms. The lowest BCUT2D eigenvalue weighted by Gasteiger charge is -2.23. The lowest BCUT2D eigenvalue weighted by Crippen LogP contribution is -2.42. The van der Waals surface area contributed by atoms with Gasteiger partial charge in [0.1, 0.15) is 0 Å². The van der Waals surface area contributed by atoms with Crippen LogP contribution in [0.1, 0.15) is 13.3 Å². The van der Waals surface area contributed by atoms with Crippen molar-refractivity contribution in [3.8, 4) is 0 Å². The van der Waals surface area contributed by atoms with Crippen molar-refractivity contribution >= 4 is 21.4 Å². The first-order valence-electron chi connectivity index (χ1n) is 6.82. The number of rotatable bonds is 6. The number of hydrogen-bond acceptors (Lipinski definition) is 4. The van der Waals surface area contributed by atoms with Crippen LogP contribution in [0.25, 0.3) is 0 Å². The number of hydrogen-bond donors (Lipinski definition) is 1. The Bertz CT molecular complexity index is 541. The number of benzene rings is 1. The topological polar surface area (TPSA) is 55.4 Å². The highest BCUT2D eigenvalue weighted by Gasteiger charge is 2.30. The molecule has 1 aromatic rings. The maximum atomic E-state index is 12.5. The van der Waals surface area contributed by atoms with Gasteiger partial charge in [-0.15, -0.1) is 0 Å². The van der Waals surface area contributed by atoms with Crippen LogP contribution in [0.2, 0.25) is 5.02 Å². The van der Waals surface area contributed by atoms with Crippen LogP contribution < -0.4 is 5.32 Å². The molecule has 1 fully saturated rings. The van der Waals surface area contributed by atoms with E-state index in [1.165, 1.54) is 6.07 Å². The number of nitrogens with one attached hydrogen (secondary N) is 1. The van der Waals surface area contributed by atoms with Gasteiger partial charge in [0, 0.05) is 23.6 Å². The highest BCUT2D eigenvalue weighted by Crippen LogP contribution is 2.22. The zero-order chi connectivity index (χ0) is 14.6. The van der Waals surface area contributed by atoms with E-state index in [9.17, 15) is 8.42 Å². The summed E-state index contributed by atoms with van der Waals surface area (Å²) in [7, 11) is -3.34. The highest BCUT2D eigenvalue weighted by atomic mass is 35.5. The van der Waals surface area contributed by atoms with Crippen molar-refractivity contribution in [2.45, 2.75) is 24.3 Å². The van der Waals surface area contributed by atoms with E-state index in [0.717, 1.165) is 13.0 Å². The molecule has 2 unspecified atom stereocenters. The molecular weight excluding hydrogens is 298 g/mol. The molecule has 2 atom stereocenters. The normalized spacial score (nSPS) is 21.0. The van der Waals surface area contributed by atoms with Gasteiger partial charge in [-0.25, -0.2) is 8.42 Å². The molecule has 0 aliphatic carbocycles. The molecule has 2 rings (SSSR count). The van der Waals surface area contributed by atoms with Gasteiger partial charge in [-0.05, 0) is 31.2 Å². The van der Waals surface area contributed by atoms with Crippen molar-refractivity contribution in [2.75, 3.05) is 25.5 Å². The van der Waals surface area contributed by atoms with Crippen molar-refractivity contribution < 1.29 is 13.2 Å². The van der Waals surface area contributed by atoms with Gasteiger partial charge >= 0.3 is 0 Å². The van der Waals surface area contributed by atoms with Crippen LogP contribution in [-0.4, -0.2) is 40.0 Å². The van der Waals surface area contributed by atoms with Crippen LogP contribution in [0.5, 0.6) is 0 Å². The zero-order valence-corrected chi connectivity index (χ0v) is 13.1. The summed E-state index contributed by atoms with van der Waals surface area (Å²) in [4.78, 5) is 0.284. The standard InChI is InChI=1S/C14H20ClNO3S/c1-2-16-14(11-6-7-19-9-11)10-20(17,18)13-5-3-4-12(15)8-13/h3-5,8,11,14,16H,2,6-7,9-10H2,1H3. The Morgan fingerprint density at radius 2 is 2.30 bits per heavy atom. The third-order valence-electron chi connectivity index (χ3n) is 3.55. The quantitative estimate of drug-likeness (QED) is 0.873. The van der Waals surface area contributed by atoms with Crippen LogP contribution >= 0.6 is 11.6 Å². The Kier molecular flexibility index (Phi) is 5.43. The number of ether oxygens (including phenoxy) is 1. The molecule has 1 aliphatic rings. The minimum atomic E-state index is -3.34. The molecule has 0 radical (unpaired) electrons. The van der Waals surface area contributed by atoms with E-state index in [-0.39, 0.29) is 22.6 Å². The fourth-order valence-electron chi connectivity index (χ4n) is 2.49. The van der Waals surface area contributed by atoms with E-state index in [1.807, 2.05) is 6.92 Å². The third-order valence-corrected chi connectivity index (χ3v) is 5.56. The third kappa shape index (κ3) is 3.95. The average Bonchev–Trinajstić information content (AvgIpc) is 2.92. The summed E-state index contributed by atoms with van der Waals surface area (Å²) < 4.78 is 30.3. The fourth-order valence-corrected chi connectivity index (χ4v) is 4.39. The second-order valence-corrected chi connectivity index (χ2v) is 7.50. The summed E-state index contributed by atoms with van der Waals surface area (Å²) in [6.45, 7) is 4.06. The SMILES string of the molecule is CCNC(CS(=O)(=O)c1cccc(Cl)c1)C1CCOC1. The summed E-state index contributed by atoms with van der Waals surface area (Å²) in [5.74, 6) is 0.332. The largest absolute Gasteiger partial charge is 0.381 e. The smallest absolute Gasteiger partial charge is 0.179 e. The van der Waals surface area contributed by atoms with E-state index in [2.05, 4.69) is 5.32 Å². The molecule has 0 bridgehead atoms. The van der Waals surface area contributed by atoms with Gasteiger partial charge in [0.15, 0.2) is 9.84 Å². The molecule has 0 amide bonds. The van der Waals surface area contributed by atoms with Crippen molar-refractivity contribution in [3.05, 3.63) is 29.3 Å². The Balaban J connectivity index is 2.15. The minimum absolute atomic E-state index is 0.0773. The highest BCUT2D eigenvalue weighted by molar-refractivity contribution is 7.91. The lowest BCUT2D eigenvalue weighted by molar-refractivity contribution is 0.179. The van der Waals surface area contributed by atoms with Gasteiger partial charge in [-0.1, -0.05) is 24.6 Å². The molecule has 0 saturated carbocycles. The molecule has 1 heterocycles. The summed E-state index contributed by atoms with van der Waals surface area (Å²) >= 11 is 5.88. The van der Waals surface area contributed by atoms with Crippen molar-refractivity contribution in [2.24, 2.45) is 5.92 Å². The molecule has 0 aromatic heterocycles. The average molecular weight is 318 g/mol. The summed E-state index contributed by atoms with van der Waals surface area (Å²) in [6.07, 6.45) is 0.905. The van der Waals surface area contributed by atoms with E-state index < -0.39 is 9.84 Å². The monoisotopic (exact) mass is 317 g/mol. The van der Waals surface area contributed by atoms with Gasteiger partial charge < -0.3 is 10.1 Å². The first kappa shape index (κ1) is 15.8. The first-order chi connectivity index (χ1) is 9.53. The first-order valence-corrected chi connectivity index (χ1v) is 8.85. The lowest BCUT2D eigenvalue weighted by atomic mass is 10.0. The molecular formula is C14H20ClNO3S. The molecule has 112 valence electrons.